The summed E-state index contributed by atoms with van der Waals surface area (Å²) < 4.78 is 0. The molecule has 0 aromatic carbocycles. The fraction of sp³-hybridized carbons (Fsp3) is 0.909. The van der Waals surface area contributed by atoms with Crippen LogP contribution in [-0.2, 0) is 4.79 Å². The molecule has 0 radical (unpaired) electrons. The Morgan fingerprint density at radius 3 is 2.62 bits per heavy atom. The van der Waals surface area contributed by atoms with Crippen molar-refractivity contribution >= 4 is 5.91 Å². The van der Waals surface area contributed by atoms with Gasteiger partial charge < -0.3 is 4.90 Å². The van der Waals surface area contributed by atoms with Crippen LogP contribution in [0, 0.1) is 5.92 Å². The second-order valence-electron chi connectivity index (χ2n) is 4.38. The molecule has 1 rings (SSSR count). The van der Waals surface area contributed by atoms with Crippen molar-refractivity contribution in [2.45, 2.75) is 52.5 Å². The van der Waals surface area contributed by atoms with Gasteiger partial charge in [0.15, 0.2) is 0 Å². The van der Waals surface area contributed by atoms with Crippen LogP contribution in [0.4, 0.5) is 0 Å². The first-order valence-electron chi connectivity index (χ1n) is 5.47. The topological polar surface area (TPSA) is 20.1 Å². The molecule has 1 saturated heterocycles. The molecule has 1 aliphatic rings. The standard InChI is InChI=1S/C11H21NO/c1-4-5-6-7-12-10(11(12)13)8-9(2)3/h9-10H,4-8H2,1-3H3. The summed E-state index contributed by atoms with van der Waals surface area (Å²) in [5, 5.41) is 0. The molecular weight excluding hydrogens is 162 g/mol. The third kappa shape index (κ3) is 3.02. The van der Waals surface area contributed by atoms with E-state index in [4.69, 9.17) is 0 Å². The van der Waals surface area contributed by atoms with Gasteiger partial charge in [0.25, 0.3) is 0 Å². The van der Waals surface area contributed by atoms with Crippen LogP contribution in [0.1, 0.15) is 46.5 Å². The average Bonchev–Trinajstić information content (AvgIpc) is 2.63. The van der Waals surface area contributed by atoms with Crippen molar-refractivity contribution in [1.29, 1.82) is 0 Å². The number of amides is 1. The van der Waals surface area contributed by atoms with Crippen LogP contribution in [0.15, 0.2) is 0 Å². The van der Waals surface area contributed by atoms with Gasteiger partial charge in [-0.25, -0.2) is 0 Å². The number of hydrogen-bond acceptors (Lipinski definition) is 1. The Kier molecular flexibility index (Phi) is 3.76. The van der Waals surface area contributed by atoms with Gasteiger partial charge in [-0.05, 0) is 18.8 Å². The summed E-state index contributed by atoms with van der Waals surface area (Å²) >= 11 is 0. The van der Waals surface area contributed by atoms with E-state index in [-0.39, 0.29) is 6.04 Å². The van der Waals surface area contributed by atoms with E-state index in [0.29, 0.717) is 11.8 Å². The number of carbonyl (C=O) groups excluding carboxylic acids is 1. The summed E-state index contributed by atoms with van der Waals surface area (Å²) in [6.07, 6.45) is 4.71. The van der Waals surface area contributed by atoms with E-state index in [9.17, 15) is 4.79 Å². The summed E-state index contributed by atoms with van der Waals surface area (Å²) in [6, 6.07) is 0.275. The van der Waals surface area contributed by atoms with Crippen molar-refractivity contribution in [2.75, 3.05) is 6.54 Å². The van der Waals surface area contributed by atoms with Crippen molar-refractivity contribution < 1.29 is 4.79 Å². The molecule has 1 aliphatic heterocycles. The molecule has 2 heteroatoms. The predicted molar refractivity (Wildman–Crippen MR) is 54.5 cm³/mol. The molecule has 0 aliphatic carbocycles. The number of unbranched alkanes of at least 4 members (excludes halogenated alkanes) is 2. The number of rotatable bonds is 6. The van der Waals surface area contributed by atoms with Gasteiger partial charge in [-0.2, -0.15) is 0 Å². The van der Waals surface area contributed by atoms with Crippen molar-refractivity contribution in [3.8, 4) is 0 Å². The quantitative estimate of drug-likeness (QED) is 0.457. The van der Waals surface area contributed by atoms with Gasteiger partial charge in [0.1, 0.15) is 6.04 Å². The highest BCUT2D eigenvalue weighted by Crippen LogP contribution is 2.26. The molecule has 1 amide bonds. The van der Waals surface area contributed by atoms with Crippen LogP contribution in [-0.4, -0.2) is 23.4 Å². The maximum atomic E-state index is 11.3. The Balaban J connectivity index is 2.13. The Morgan fingerprint density at radius 2 is 2.08 bits per heavy atom. The maximum Gasteiger partial charge on any atom is 0.246 e. The second-order valence-corrected chi connectivity index (χ2v) is 4.38. The van der Waals surface area contributed by atoms with Crippen molar-refractivity contribution in [1.82, 2.24) is 4.90 Å². The molecule has 13 heavy (non-hydrogen) atoms. The highest BCUT2D eigenvalue weighted by atomic mass is 16.2. The van der Waals surface area contributed by atoms with Gasteiger partial charge in [0.2, 0.25) is 5.91 Å². The van der Waals surface area contributed by atoms with Gasteiger partial charge in [-0.1, -0.05) is 33.6 Å². The zero-order valence-corrected chi connectivity index (χ0v) is 9.05. The molecule has 1 unspecified atom stereocenters. The second kappa shape index (κ2) is 4.64. The third-order valence-corrected chi connectivity index (χ3v) is 2.57. The minimum Gasteiger partial charge on any atom is -0.329 e. The molecular formula is C11H21NO. The lowest BCUT2D eigenvalue weighted by atomic mass is 10.1. The monoisotopic (exact) mass is 183 g/mol. The summed E-state index contributed by atoms with van der Waals surface area (Å²) in [5.74, 6) is 1.02. The summed E-state index contributed by atoms with van der Waals surface area (Å²) in [6.45, 7) is 7.53. The van der Waals surface area contributed by atoms with Gasteiger partial charge in [0, 0.05) is 6.54 Å². The largest absolute Gasteiger partial charge is 0.329 e. The first-order valence-corrected chi connectivity index (χ1v) is 5.47. The Labute approximate surface area is 81.3 Å². The van der Waals surface area contributed by atoms with E-state index in [0.717, 1.165) is 13.0 Å². The van der Waals surface area contributed by atoms with Gasteiger partial charge in [0.05, 0.1) is 0 Å². The average molecular weight is 183 g/mol. The molecule has 0 bridgehead atoms. The Hall–Kier alpha value is -0.530. The first kappa shape index (κ1) is 10.6. The molecule has 0 N–H and O–H groups in total. The summed E-state index contributed by atoms with van der Waals surface area (Å²) in [5.41, 5.74) is 0. The minimum absolute atomic E-state index is 0.275. The SMILES string of the molecule is CCCCCN1C(=O)C1CC(C)C. The fourth-order valence-electron chi connectivity index (χ4n) is 1.73. The molecule has 2 nitrogen and oxygen atoms in total. The van der Waals surface area contributed by atoms with E-state index < -0.39 is 0 Å². The molecule has 0 aromatic rings. The number of carbonyl (C=O) groups is 1. The summed E-state index contributed by atoms with van der Waals surface area (Å²) in [4.78, 5) is 13.3. The molecule has 76 valence electrons. The van der Waals surface area contributed by atoms with Crippen molar-refractivity contribution in [3.63, 3.8) is 0 Å². The number of nitrogens with zero attached hydrogens (tertiary/aromatic N) is 1. The highest BCUT2D eigenvalue weighted by Gasteiger charge is 2.44. The lowest BCUT2D eigenvalue weighted by Gasteiger charge is -2.03. The minimum atomic E-state index is 0.275. The highest BCUT2D eigenvalue weighted by molar-refractivity contribution is 5.96. The van der Waals surface area contributed by atoms with Crippen LogP contribution in [0.2, 0.25) is 0 Å². The lowest BCUT2D eigenvalue weighted by molar-refractivity contribution is -0.114. The number of hydrogen-bond donors (Lipinski definition) is 0. The summed E-state index contributed by atoms with van der Waals surface area (Å²) in [7, 11) is 0. The van der Waals surface area contributed by atoms with Gasteiger partial charge in [-0.15, -0.1) is 0 Å². The molecule has 1 fully saturated rings. The molecule has 0 aromatic heterocycles. The normalized spacial score (nSPS) is 21.4. The van der Waals surface area contributed by atoms with Crippen LogP contribution in [0.25, 0.3) is 0 Å². The smallest absolute Gasteiger partial charge is 0.246 e. The van der Waals surface area contributed by atoms with Crippen LogP contribution in [0.3, 0.4) is 0 Å². The maximum absolute atomic E-state index is 11.3. The molecule has 1 atom stereocenters. The van der Waals surface area contributed by atoms with Crippen molar-refractivity contribution in [2.24, 2.45) is 5.92 Å². The van der Waals surface area contributed by atoms with Crippen LogP contribution < -0.4 is 0 Å². The molecule has 0 saturated carbocycles. The van der Waals surface area contributed by atoms with E-state index in [2.05, 4.69) is 20.8 Å². The van der Waals surface area contributed by atoms with Crippen LogP contribution in [0.5, 0.6) is 0 Å². The zero-order valence-electron chi connectivity index (χ0n) is 9.05. The molecule has 0 spiro atoms. The van der Waals surface area contributed by atoms with Gasteiger partial charge in [-0.3, -0.25) is 4.79 Å². The van der Waals surface area contributed by atoms with E-state index in [1.807, 2.05) is 4.90 Å². The lowest BCUT2D eigenvalue weighted by Crippen LogP contribution is -2.06. The fourth-order valence-corrected chi connectivity index (χ4v) is 1.73. The van der Waals surface area contributed by atoms with E-state index in [1.165, 1.54) is 19.3 Å². The predicted octanol–water partition coefficient (Wildman–Crippen LogP) is 2.43. The third-order valence-electron chi connectivity index (χ3n) is 2.57. The zero-order chi connectivity index (χ0) is 9.84. The van der Waals surface area contributed by atoms with Crippen molar-refractivity contribution in [3.05, 3.63) is 0 Å². The van der Waals surface area contributed by atoms with Crippen LogP contribution >= 0.6 is 0 Å². The Morgan fingerprint density at radius 1 is 1.38 bits per heavy atom. The van der Waals surface area contributed by atoms with E-state index >= 15 is 0 Å². The van der Waals surface area contributed by atoms with E-state index in [1.54, 1.807) is 0 Å². The van der Waals surface area contributed by atoms with Gasteiger partial charge >= 0.3 is 0 Å². The first-order chi connectivity index (χ1) is 6.16. The molecule has 1 heterocycles. The Bertz CT molecular complexity index is 177.